The lowest BCUT2D eigenvalue weighted by Crippen LogP contribution is -2.30. The average Bonchev–Trinajstić information content (AvgIpc) is 3.35. The number of rotatable bonds is 55. The van der Waals surface area contributed by atoms with Gasteiger partial charge in [0.15, 0.2) is 6.10 Å². The van der Waals surface area contributed by atoms with Crippen LogP contribution in [0.1, 0.15) is 316 Å². The summed E-state index contributed by atoms with van der Waals surface area (Å²) in [7, 11) is 0. The van der Waals surface area contributed by atoms with Gasteiger partial charge in [-0.15, -0.1) is 0 Å². The topological polar surface area (TPSA) is 78.9 Å². The van der Waals surface area contributed by atoms with Crippen LogP contribution in [0.25, 0.3) is 0 Å². The van der Waals surface area contributed by atoms with Crippen molar-refractivity contribution in [3.05, 3.63) is 48.6 Å². The van der Waals surface area contributed by atoms with Gasteiger partial charge in [0.2, 0.25) is 0 Å². The van der Waals surface area contributed by atoms with E-state index in [0.717, 1.165) is 83.5 Å². The molecule has 1 atom stereocenters. The first-order valence-electron chi connectivity index (χ1n) is 30.1. The van der Waals surface area contributed by atoms with Crippen LogP contribution in [-0.2, 0) is 28.6 Å². The van der Waals surface area contributed by atoms with Crippen LogP contribution in [0.2, 0.25) is 0 Å². The van der Waals surface area contributed by atoms with Crippen molar-refractivity contribution in [2.75, 3.05) is 13.2 Å². The molecule has 0 aliphatic heterocycles. The van der Waals surface area contributed by atoms with Crippen molar-refractivity contribution in [3.63, 3.8) is 0 Å². The molecule has 0 aliphatic carbocycles. The summed E-state index contributed by atoms with van der Waals surface area (Å²) >= 11 is 0. The molecule has 0 unspecified atom stereocenters. The van der Waals surface area contributed by atoms with E-state index in [2.05, 4.69) is 69.4 Å². The van der Waals surface area contributed by atoms with E-state index < -0.39 is 6.10 Å². The molecule has 0 aromatic heterocycles. The molecule has 0 N–H and O–H groups in total. The fraction of sp³-hybridized carbons (Fsp3) is 0.825. The zero-order valence-corrected chi connectivity index (χ0v) is 46.1. The Kier molecular flexibility index (Phi) is 55.7. The van der Waals surface area contributed by atoms with Crippen LogP contribution in [-0.4, -0.2) is 37.2 Å². The van der Waals surface area contributed by atoms with Crippen LogP contribution in [0.5, 0.6) is 0 Å². The molecule has 6 heteroatoms. The number of carbonyl (C=O) groups is 3. The zero-order chi connectivity index (χ0) is 50.0. The average molecular weight is 968 g/mol. The molecule has 0 aliphatic rings. The molecule has 0 aromatic carbocycles. The standard InChI is InChI=1S/C63H114O6/c1-4-7-10-13-16-19-22-25-28-30-31-33-36-39-42-45-48-51-54-57-63(66)69-60(58-67-61(64)55-52-49-46-43-40-37-34-27-24-21-18-15-12-9-6-3)59-68-62(65)56-53-50-47-44-41-38-35-32-29-26-23-20-17-14-11-8-5-2/h9,12,18,21,27,34,40,43,60H,4-8,10-11,13-17,19-20,22-26,28-33,35-39,41-42,44-59H2,1-3H3/b12-9-,21-18-,34-27-,43-40-/t60-/m1/s1. The summed E-state index contributed by atoms with van der Waals surface area (Å²) in [6, 6.07) is 0. The highest BCUT2D eigenvalue weighted by atomic mass is 16.6. The molecule has 6 nitrogen and oxygen atoms in total. The minimum atomic E-state index is -0.786. The van der Waals surface area contributed by atoms with Crippen molar-refractivity contribution < 1.29 is 28.6 Å². The molecule has 0 saturated heterocycles. The molecule has 0 radical (unpaired) electrons. The van der Waals surface area contributed by atoms with Gasteiger partial charge in [0, 0.05) is 19.3 Å². The number of esters is 3. The lowest BCUT2D eigenvalue weighted by atomic mass is 10.0. The van der Waals surface area contributed by atoms with E-state index in [9.17, 15) is 14.4 Å². The second-order valence-corrected chi connectivity index (χ2v) is 20.2. The lowest BCUT2D eigenvalue weighted by Gasteiger charge is -2.18. The highest BCUT2D eigenvalue weighted by Crippen LogP contribution is 2.17. The van der Waals surface area contributed by atoms with Crippen molar-refractivity contribution in [2.24, 2.45) is 0 Å². The second kappa shape index (κ2) is 57.9. The Morgan fingerprint density at radius 1 is 0.304 bits per heavy atom. The van der Waals surface area contributed by atoms with Crippen LogP contribution >= 0.6 is 0 Å². The van der Waals surface area contributed by atoms with Crippen molar-refractivity contribution in [1.29, 1.82) is 0 Å². The minimum absolute atomic E-state index is 0.0815. The quantitative estimate of drug-likeness (QED) is 0.0262. The number of ether oxygens (including phenoxy) is 3. The van der Waals surface area contributed by atoms with E-state index in [4.69, 9.17) is 14.2 Å². The first-order valence-corrected chi connectivity index (χ1v) is 30.1. The number of allylic oxidation sites excluding steroid dienone is 8. The van der Waals surface area contributed by atoms with Gasteiger partial charge in [-0.3, -0.25) is 14.4 Å². The third-order valence-electron chi connectivity index (χ3n) is 13.3. The Hall–Kier alpha value is -2.63. The van der Waals surface area contributed by atoms with E-state index in [0.29, 0.717) is 19.3 Å². The van der Waals surface area contributed by atoms with Gasteiger partial charge in [-0.1, -0.05) is 288 Å². The first-order chi connectivity index (χ1) is 34.0. The molecule has 0 spiro atoms. The smallest absolute Gasteiger partial charge is 0.306 e. The van der Waals surface area contributed by atoms with Crippen molar-refractivity contribution >= 4 is 17.9 Å². The lowest BCUT2D eigenvalue weighted by molar-refractivity contribution is -0.167. The molecule has 0 fully saturated rings. The maximum absolute atomic E-state index is 12.9. The summed E-state index contributed by atoms with van der Waals surface area (Å²) in [5, 5.41) is 0. The maximum atomic E-state index is 12.9. The van der Waals surface area contributed by atoms with Gasteiger partial charge in [0.25, 0.3) is 0 Å². The maximum Gasteiger partial charge on any atom is 0.306 e. The largest absolute Gasteiger partial charge is 0.462 e. The normalized spacial score (nSPS) is 12.3. The summed E-state index contributed by atoms with van der Waals surface area (Å²) in [5.41, 5.74) is 0. The third kappa shape index (κ3) is 56.2. The third-order valence-corrected chi connectivity index (χ3v) is 13.3. The van der Waals surface area contributed by atoms with Gasteiger partial charge >= 0.3 is 17.9 Å². The number of unbranched alkanes of at least 4 members (excludes halogenated alkanes) is 36. The van der Waals surface area contributed by atoms with Crippen LogP contribution in [0.15, 0.2) is 48.6 Å². The molecular weight excluding hydrogens is 853 g/mol. The van der Waals surface area contributed by atoms with Gasteiger partial charge in [0.1, 0.15) is 13.2 Å². The molecule has 402 valence electrons. The van der Waals surface area contributed by atoms with Gasteiger partial charge in [-0.2, -0.15) is 0 Å². The predicted molar refractivity (Wildman–Crippen MR) is 298 cm³/mol. The highest BCUT2D eigenvalue weighted by Gasteiger charge is 2.19. The summed E-state index contributed by atoms with van der Waals surface area (Å²) in [6.07, 6.45) is 71.1. The van der Waals surface area contributed by atoms with Crippen LogP contribution in [0.4, 0.5) is 0 Å². The van der Waals surface area contributed by atoms with Gasteiger partial charge < -0.3 is 14.2 Å². The fourth-order valence-electron chi connectivity index (χ4n) is 8.85. The Morgan fingerprint density at radius 2 is 0.565 bits per heavy atom. The first kappa shape index (κ1) is 66.4. The molecule has 69 heavy (non-hydrogen) atoms. The zero-order valence-electron chi connectivity index (χ0n) is 46.1. The van der Waals surface area contributed by atoms with E-state index >= 15 is 0 Å². The molecule has 0 amide bonds. The van der Waals surface area contributed by atoms with Crippen LogP contribution in [0.3, 0.4) is 0 Å². The number of carbonyl (C=O) groups excluding carboxylic acids is 3. The summed E-state index contributed by atoms with van der Waals surface area (Å²) < 4.78 is 16.9. The van der Waals surface area contributed by atoms with Gasteiger partial charge in [-0.25, -0.2) is 0 Å². The Balaban J connectivity index is 4.37. The van der Waals surface area contributed by atoms with E-state index in [1.807, 2.05) is 0 Å². The monoisotopic (exact) mass is 967 g/mol. The Morgan fingerprint density at radius 3 is 0.884 bits per heavy atom. The fourth-order valence-corrected chi connectivity index (χ4v) is 8.85. The van der Waals surface area contributed by atoms with Crippen molar-refractivity contribution in [1.82, 2.24) is 0 Å². The predicted octanol–water partition coefficient (Wildman–Crippen LogP) is 20.2. The summed E-state index contributed by atoms with van der Waals surface area (Å²) in [6.45, 7) is 6.54. The molecule has 0 heterocycles. The van der Waals surface area contributed by atoms with Gasteiger partial charge in [-0.05, 0) is 57.8 Å². The van der Waals surface area contributed by atoms with Crippen molar-refractivity contribution in [3.8, 4) is 0 Å². The summed E-state index contributed by atoms with van der Waals surface area (Å²) in [4.78, 5) is 38.2. The van der Waals surface area contributed by atoms with Crippen molar-refractivity contribution in [2.45, 2.75) is 322 Å². The molecule has 0 saturated carbocycles. The van der Waals surface area contributed by atoms with Crippen LogP contribution < -0.4 is 0 Å². The van der Waals surface area contributed by atoms with E-state index in [1.54, 1.807) is 0 Å². The van der Waals surface area contributed by atoms with E-state index in [-0.39, 0.29) is 31.1 Å². The molecule has 0 rings (SSSR count). The number of hydrogen-bond donors (Lipinski definition) is 0. The minimum Gasteiger partial charge on any atom is -0.462 e. The van der Waals surface area contributed by atoms with Crippen LogP contribution in [0, 0.1) is 0 Å². The Labute approximate surface area is 428 Å². The molecular formula is C63H114O6. The molecule has 0 bridgehead atoms. The van der Waals surface area contributed by atoms with E-state index in [1.165, 1.54) is 193 Å². The second-order valence-electron chi connectivity index (χ2n) is 20.2. The SMILES string of the molecule is CC/C=C\C/C=C\C/C=C\C/C=C\CCCCC(=O)OC[C@H](COC(=O)CCCCCCCCCCCCCCCCCCC)OC(=O)CCCCCCCCCCCCCCCCCCCCC. The van der Waals surface area contributed by atoms with Gasteiger partial charge in [0.05, 0.1) is 0 Å². The number of hydrogen-bond acceptors (Lipinski definition) is 6. The highest BCUT2D eigenvalue weighted by molar-refractivity contribution is 5.71. The Bertz CT molecular complexity index is 1200. The molecule has 0 aromatic rings. The summed E-state index contributed by atoms with van der Waals surface area (Å²) in [5.74, 6) is -0.905.